The Morgan fingerprint density at radius 1 is 1.04 bits per heavy atom. The van der Waals surface area contributed by atoms with Gasteiger partial charge in [0.05, 0.1) is 5.69 Å². The quantitative estimate of drug-likeness (QED) is 0.526. The molecule has 0 atom stereocenters. The van der Waals surface area contributed by atoms with Crippen molar-refractivity contribution >= 4 is 23.4 Å². The highest BCUT2D eigenvalue weighted by molar-refractivity contribution is 6.31. The van der Waals surface area contributed by atoms with Crippen molar-refractivity contribution in [1.29, 1.82) is 0 Å². The number of pyridine rings is 1. The van der Waals surface area contributed by atoms with Crippen LogP contribution in [0.25, 0.3) is 11.3 Å². The predicted octanol–water partition coefficient (Wildman–Crippen LogP) is 3.60. The lowest BCUT2D eigenvalue weighted by Crippen LogP contribution is -2.10. The van der Waals surface area contributed by atoms with Gasteiger partial charge in [-0.1, -0.05) is 29.8 Å². The van der Waals surface area contributed by atoms with Gasteiger partial charge in [-0.2, -0.15) is 4.98 Å². The Labute approximate surface area is 157 Å². The molecule has 134 valence electrons. The summed E-state index contributed by atoms with van der Waals surface area (Å²) in [5.74, 6) is 1.19. The highest BCUT2D eigenvalue weighted by Crippen LogP contribution is 2.22. The lowest BCUT2D eigenvalue weighted by Gasteiger charge is -2.12. The van der Waals surface area contributed by atoms with Gasteiger partial charge in [0.1, 0.15) is 5.82 Å². The maximum Gasteiger partial charge on any atom is 0.225 e. The first-order valence-corrected chi connectivity index (χ1v) is 8.75. The molecule has 6 nitrogen and oxygen atoms in total. The normalized spacial score (nSPS) is 10.5. The first kappa shape index (κ1) is 18.1. The zero-order valence-electron chi connectivity index (χ0n) is 14.2. The van der Waals surface area contributed by atoms with Gasteiger partial charge in [-0.3, -0.25) is 4.98 Å². The van der Waals surface area contributed by atoms with Gasteiger partial charge in [0.2, 0.25) is 5.95 Å². The standard InChI is InChI=1S/C19H20ClN5O/c20-16-7-2-1-5-14(16)13-23-18-11-17(15-6-3-8-21-12-15)24-19(25-18)22-9-4-10-26/h1-3,5-8,11-12,26H,4,9-10,13H2,(H2,22,23,24,25). The lowest BCUT2D eigenvalue weighted by molar-refractivity contribution is 0.292. The number of hydrogen-bond donors (Lipinski definition) is 3. The van der Waals surface area contributed by atoms with Crippen molar-refractivity contribution in [2.75, 3.05) is 23.8 Å². The molecule has 0 amide bonds. The molecule has 0 saturated carbocycles. The molecule has 3 rings (SSSR count). The first-order valence-electron chi connectivity index (χ1n) is 8.38. The third-order valence-corrected chi connectivity index (χ3v) is 4.09. The molecule has 1 aromatic carbocycles. The predicted molar refractivity (Wildman–Crippen MR) is 104 cm³/mol. The van der Waals surface area contributed by atoms with Gasteiger partial charge in [0, 0.05) is 48.7 Å². The second-order valence-electron chi connectivity index (χ2n) is 5.65. The van der Waals surface area contributed by atoms with Crippen LogP contribution in [-0.2, 0) is 6.54 Å². The molecular formula is C19H20ClN5O. The molecule has 3 aromatic rings. The molecule has 0 saturated heterocycles. The van der Waals surface area contributed by atoms with Crippen LogP contribution < -0.4 is 10.6 Å². The Morgan fingerprint density at radius 3 is 2.69 bits per heavy atom. The van der Waals surface area contributed by atoms with Crippen LogP contribution in [0.4, 0.5) is 11.8 Å². The summed E-state index contributed by atoms with van der Waals surface area (Å²) in [6.45, 7) is 1.27. The van der Waals surface area contributed by atoms with Crippen LogP contribution in [0.2, 0.25) is 5.02 Å². The number of nitrogens with zero attached hydrogens (tertiary/aromatic N) is 3. The monoisotopic (exact) mass is 369 g/mol. The van der Waals surface area contributed by atoms with Crippen LogP contribution >= 0.6 is 11.6 Å². The van der Waals surface area contributed by atoms with E-state index >= 15 is 0 Å². The van der Waals surface area contributed by atoms with Crippen LogP contribution in [0.3, 0.4) is 0 Å². The number of rotatable bonds is 8. The summed E-state index contributed by atoms with van der Waals surface area (Å²) >= 11 is 6.22. The van der Waals surface area contributed by atoms with Gasteiger partial charge in [-0.25, -0.2) is 4.98 Å². The fourth-order valence-electron chi connectivity index (χ4n) is 2.39. The summed E-state index contributed by atoms with van der Waals surface area (Å²) in [7, 11) is 0. The molecule has 0 aliphatic heterocycles. The molecule has 26 heavy (non-hydrogen) atoms. The number of aromatic nitrogens is 3. The molecule has 3 N–H and O–H groups in total. The molecule has 0 bridgehead atoms. The van der Waals surface area contributed by atoms with Gasteiger partial charge in [-0.15, -0.1) is 0 Å². The molecule has 7 heteroatoms. The van der Waals surface area contributed by atoms with E-state index in [1.165, 1.54) is 0 Å². The Hall–Kier alpha value is -2.70. The third-order valence-electron chi connectivity index (χ3n) is 3.72. The second kappa shape index (κ2) is 9.12. The SMILES string of the molecule is OCCCNc1nc(NCc2ccccc2Cl)cc(-c2cccnc2)n1. The van der Waals surface area contributed by atoms with E-state index in [0.29, 0.717) is 36.3 Å². The molecule has 0 unspecified atom stereocenters. The van der Waals surface area contributed by atoms with Crippen molar-refractivity contribution < 1.29 is 5.11 Å². The summed E-state index contributed by atoms with van der Waals surface area (Å²) < 4.78 is 0. The van der Waals surface area contributed by atoms with E-state index in [9.17, 15) is 0 Å². The number of halogens is 1. The highest BCUT2D eigenvalue weighted by Gasteiger charge is 2.08. The molecule has 0 aliphatic rings. The second-order valence-corrected chi connectivity index (χ2v) is 6.06. The van der Waals surface area contributed by atoms with Gasteiger partial charge in [0.15, 0.2) is 0 Å². The van der Waals surface area contributed by atoms with Crippen molar-refractivity contribution in [2.45, 2.75) is 13.0 Å². The Balaban J connectivity index is 1.83. The first-order chi connectivity index (χ1) is 12.8. The van der Waals surface area contributed by atoms with Crippen LogP contribution in [0.5, 0.6) is 0 Å². The fourth-order valence-corrected chi connectivity index (χ4v) is 2.59. The number of aliphatic hydroxyl groups is 1. The fraction of sp³-hybridized carbons (Fsp3) is 0.211. The Bertz CT molecular complexity index is 844. The van der Waals surface area contributed by atoms with Gasteiger partial charge >= 0.3 is 0 Å². The van der Waals surface area contributed by atoms with Gasteiger partial charge in [0.25, 0.3) is 0 Å². The largest absolute Gasteiger partial charge is 0.396 e. The van der Waals surface area contributed by atoms with Crippen molar-refractivity contribution in [3.63, 3.8) is 0 Å². The van der Waals surface area contributed by atoms with Crippen molar-refractivity contribution in [3.05, 3.63) is 65.4 Å². The molecule has 0 aliphatic carbocycles. The maximum absolute atomic E-state index is 8.95. The zero-order chi connectivity index (χ0) is 18.2. The van der Waals surface area contributed by atoms with Crippen molar-refractivity contribution in [3.8, 4) is 11.3 Å². The van der Waals surface area contributed by atoms with Crippen molar-refractivity contribution in [2.24, 2.45) is 0 Å². The summed E-state index contributed by atoms with van der Waals surface area (Å²) in [4.78, 5) is 13.2. The van der Waals surface area contributed by atoms with E-state index in [0.717, 1.165) is 16.8 Å². The number of hydrogen-bond acceptors (Lipinski definition) is 6. The van der Waals surface area contributed by atoms with E-state index in [4.69, 9.17) is 16.7 Å². The molecule has 2 heterocycles. The van der Waals surface area contributed by atoms with Crippen LogP contribution in [-0.4, -0.2) is 33.2 Å². The maximum atomic E-state index is 8.95. The van der Waals surface area contributed by atoms with E-state index in [1.54, 1.807) is 12.4 Å². The molecule has 2 aromatic heterocycles. The average molecular weight is 370 g/mol. The average Bonchev–Trinajstić information content (AvgIpc) is 2.68. The minimum atomic E-state index is 0.118. The topological polar surface area (TPSA) is 83.0 Å². The van der Waals surface area contributed by atoms with Crippen LogP contribution in [0.15, 0.2) is 54.9 Å². The number of nitrogens with one attached hydrogen (secondary N) is 2. The lowest BCUT2D eigenvalue weighted by atomic mass is 10.2. The highest BCUT2D eigenvalue weighted by atomic mass is 35.5. The van der Waals surface area contributed by atoms with Crippen LogP contribution in [0.1, 0.15) is 12.0 Å². The van der Waals surface area contributed by atoms with Gasteiger partial charge < -0.3 is 15.7 Å². The number of benzene rings is 1. The minimum Gasteiger partial charge on any atom is -0.396 e. The van der Waals surface area contributed by atoms with Crippen molar-refractivity contribution in [1.82, 2.24) is 15.0 Å². The smallest absolute Gasteiger partial charge is 0.225 e. The van der Waals surface area contributed by atoms with E-state index in [1.807, 2.05) is 42.5 Å². The summed E-state index contributed by atoms with van der Waals surface area (Å²) in [5, 5.41) is 16.1. The summed E-state index contributed by atoms with van der Waals surface area (Å²) in [6, 6.07) is 13.4. The van der Waals surface area contributed by atoms with E-state index in [2.05, 4.69) is 25.6 Å². The zero-order valence-corrected chi connectivity index (χ0v) is 14.9. The molecular weight excluding hydrogens is 350 g/mol. The van der Waals surface area contributed by atoms with Gasteiger partial charge in [-0.05, 0) is 30.2 Å². The van der Waals surface area contributed by atoms with E-state index < -0.39 is 0 Å². The molecule has 0 radical (unpaired) electrons. The Kier molecular flexibility index (Phi) is 6.35. The Morgan fingerprint density at radius 2 is 1.92 bits per heavy atom. The summed E-state index contributed by atoms with van der Waals surface area (Å²) in [5.41, 5.74) is 2.66. The molecule has 0 fully saturated rings. The third kappa shape index (κ3) is 4.91. The summed E-state index contributed by atoms with van der Waals surface area (Å²) in [6.07, 6.45) is 4.11. The molecule has 0 spiro atoms. The minimum absolute atomic E-state index is 0.118. The number of anilines is 2. The van der Waals surface area contributed by atoms with E-state index in [-0.39, 0.29) is 6.61 Å². The number of aliphatic hydroxyl groups excluding tert-OH is 1. The van der Waals surface area contributed by atoms with Crippen LogP contribution in [0, 0.1) is 0 Å².